The van der Waals surface area contributed by atoms with E-state index >= 15 is 0 Å². The summed E-state index contributed by atoms with van der Waals surface area (Å²) in [7, 11) is 1.51. The summed E-state index contributed by atoms with van der Waals surface area (Å²) in [5.74, 6) is -0.327. The van der Waals surface area contributed by atoms with Gasteiger partial charge in [-0.3, -0.25) is 4.79 Å². The van der Waals surface area contributed by atoms with Crippen LogP contribution < -0.4 is 11.1 Å². The summed E-state index contributed by atoms with van der Waals surface area (Å²) in [4.78, 5) is 11.8. The van der Waals surface area contributed by atoms with Crippen molar-refractivity contribution >= 4 is 5.91 Å². The van der Waals surface area contributed by atoms with Gasteiger partial charge < -0.3 is 20.9 Å². The third-order valence-corrected chi connectivity index (χ3v) is 2.38. The lowest BCUT2D eigenvalue weighted by Crippen LogP contribution is -2.44. The molecule has 1 aromatic rings. The summed E-state index contributed by atoms with van der Waals surface area (Å²) in [6, 6.07) is 7.91. The van der Waals surface area contributed by atoms with E-state index in [1.54, 1.807) is 12.1 Å². The molecular formula is C12H18N2O3. The number of ether oxygens (including phenoxy) is 1. The minimum absolute atomic E-state index is 0.179. The van der Waals surface area contributed by atoms with Crippen LogP contribution in [0.15, 0.2) is 30.3 Å². The number of nitrogens with one attached hydrogen (secondary N) is 1. The van der Waals surface area contributed by atoms with Crippen LogP contribution >= 0.6 is 0 Å². The third-order valence-electron chi connectivity index (χ3n) is 2.38. The maximum Gasteiger partial charge on any atom is 0.241 e. The molecule has 0 saturated carbocycles. The summed E-state index contributed by atoms with van der Waals surface area (Å²) in [6.07, 6.45) is 0. The highest BCUT2D eigenvalue weighted by atomic mass is 16.5. The van der Waals surface area contributed by atoms with E-state index in [0.717, 1.165) is 5.56 Å². The summed E-state index contributed by atoms with van der Waals surface area (Å²) in [5, 5.41) is 11.6. The molecule has 0 aliphatic carbocycles. The van der Waals surface area contributed by atoms with Gasteiger partial charge in [0.1, 0.15) is 6.04 Å². The summed E-state index contributed by atoms with van der Waals surface area (Å²) in [6.45, 7) is 0.0742. The van der Waals surface area contributed by atoms with Crippen LogP contribution in [-0.2, 0) is 9.53 Å². The van der Waals surface area contributed by atoms with Crippen molar-refractivity contribution in [2.24, 2.45) is 5.73 Å². The first-order valence-corrected chi connectivity index (χ1v) is 5.39. The lowest BCUT2D eigenvalue weighted by molar-refractivity contribution is -0.123. The van der Waals surface area contributed by atoms with E-state index in [1.807, 2.05) is 18.2 Å². The zero-order valence-electron chi connectivity index (χ0n) is 9.80. The molecule has 1 rings (SSSR count). The zero-order valence-corrected chi connectivity index (χ0v) is 9.80. The number of amides is 1. The van der Waals surface area contributed by atoms with E-state index in [4.69, 9.17) is 15.6 Å². The van der Waals surface area contributed by atoms with Crippen LogP contribution in [0.3, 0.4) is 0 Å². The first kappa shape index (κ1) is 13.6. The Hall–Kier alpha value is -1.43. The van der Waals surface area contributed by atoms with Crippen molar-refractivity contribution in [1.29, 1.82) is 0 Å². The lowest BCUT2D eigenvalue weighted by Gasteiger charge is -2.18. The predicted octanol–water partition coefficient (Wildman–Crippen LogP) is -0.190. The second kappa shape index (κ2) is 7.01. The molecule has 0 saturated heterocycles. The lowest BCUT2D eigenvalue weighted by atomic mass is 10.1. The molecule has 0 fully saturated rings. The van der Waals surface area contributed by atoms with Crippen LogP contribution in [0.2, 0.25) is 0 Å². The van der Waals surface area contributed by atoms with Crippen molar-refractivity contribution in [3.63, 3.8) is 0 Å². The molecule has 0 radical (unpaired) electrons. The SMILES string of the molecule is COCC(CO)NC(=O)[C@@H](N)c1ccccc1. The average molecular weight is 238 g/mol. The highest BCUT2D eigenvalue weighted by Gasteiger charge is 2.18. The summed E-state index contributed by atoms with van der Waals surface area (Å²) in [5.41, 5.74) is 6.54. The van der Waals surface area contributed by atoms with Gasteiger partial charge in [-0.05, 0) is 5.56 Å². The van der Waals surface area contributed by atoms with Gasteiger partial charge in [0.05, 0.1) is 19.3 Å². The first-order valence-electron chi connectivity index (χ1n) is 5.39. The maximum absolute atomic E-state index is 11.8. The van der Waals surface area contributed by atoms with E-state index in [1.165, 1.54) is 7.11 Å². The van der Waals surface area contributed by atoms with Crippen LogP contribution in [0.4, 0.5) is 0 Å². The normalized spacial score (nSPS) is 14.1. The Balaban J connectivity index is 2.58. The molecule has 1 aromatic carbocycles. The quantitative estimate of drug-likeness (QED) is 0.641. The van der Waals surface area contributed by atoms with Gasteiger partial charge in [0.15, 0.2) is 0 Å². The van der Waals surface area contributed by atoms with Gasteiger partial charge in [-0.25, -0.2) is 0 Å². The smallest absolute Gasteiger partial charge is 0.241 e. The second-order valence-electron chi connectivity index (χ2n) is 3.73. The highest BCUT2D eigenvalue weighted by Crippen LogP contribution is 2.09. The van der Waals surface area contributed by atoms with Gasteiger partial charge in [0.25, 0.3) is 0 Å². The average Bonchev–Trinajstić information content (AvgIpc) is 2.38. The van der Waals surface area contributed by atoms with E-state index in [0.29, 0.717) is 0 Å². The van der Waals surface area contributed by atoms with Gasteiger partial charge in [-0.1, -0.05) is 30.3 Å². The number of hydrogen-bond donors (Lipinski definition) is 3. The predicted molar refractivity (Wildman–Crippen MR) is 64.3 cm³/mol. The van der Waals surface area contributed by atoms with E-state index in [2.05, 4.69) is 5.32 Å². The molecule has 0 aromatic heterocycles. The number of nitrogens with two attached hydrogens (primary N) is 1. The Morgan fingerprint density at radius 1 is 1.47 bits per heavy atom. The Kier molecular flexibility index (Phi) is 5.62. The molecule has 5 heteroatoms. The van der Waals surface area contributed by atoms with Crippen LogP contribution in [0.1, 0.15) is 11.6 Å². The monoisotopic (exact) mass is 238 g/mol. The number of carbonyl (C=O) groups is 1. The van der Waals surface area contributed by atoms with E-state index in [-0.39, 0.29) is 19.1 Å². The highest BCUT2D eigenvalue weighted by molar-refractivity contribution is 5.83. The number of methoxy groups -OCH3 is 1. The molecule has 1 unspecified atom stereocenters. The number of aliphatic hydroxyl groups is 1. The van der Waals surface area contributed by atoms with Crippen LogP contribution in [-0.4, -0.2) is 37.4 Å². The van der Waals surface area contributed by atoms with E-state index in [9.17, 15) is 4.79 Å². The fraction of sp³-hybridized carbons (Fsp3) is 0.417. The second-order valence-corrected chi connectivity index (χ2v) is 3.73. The number of aliphatic hydroxyl groups excluding tert-OH is 1. The molecule has 4 N–H and O–H groups in total. The maximum atomic E-state index is 11.8. The van der Waals surface area contributed by atoms with Gasteiger partial charge in [-0.2, -0.15) is 0 Å². The molecule has 0 aliphatic rings. The molecule has 94 valence electrons. The molecule has 0 bridgehead atoms. The van der Waals surface area contributed by atoms with Gasteiger partial charge in [0, 0.05) is 7.11 Å². The minimum atomic E-state index is -0.734. The van der Waals surface area contributed by atoms with Crippen molar-refractivity contribution in [2.75, 3.05) is 20.3 Å². The summed E-state index contributed by atoms with van der Waals surface area (Å²) < 4.78 is 4.87. The largest absolute Gasteiger partial charge is 0.394 e. The van der Waals surface area contributed by atoms with Crippen LogP contribution in [0.25, 0.3) is 0 Å². The third kappa shape index (κ3) is 4.14. The standard InChI is InChI=1S/C12H18N2O3/c1-17-8-10(7-15)14-12(16)11(13)9-5-3-2-4-6-9/h2-6,10-11,15H,7-8,13H2,1H3,(H,14,16)/t10?,11-/m0/s1. The van der Waals surface area contributed by atoms with Crippen LogP contribution in [0.5, 0.6) is 0 Å². The Morgan fingerprint density at radius 3 is 2.65 bits per heavy atom. The Morgan fingerprint density at radius 2 is 2.12 bits per heavy atom. The molecule has 5 nitrogen and oxygen atoms in total. The van der Waals surface area contributed by atoms with Crippen molar-refractivity contribution in [1.82, 2.24) is 5.32 Å². The zero-order chi connectivity index (χ0) is 12.7. The molecule has 0 heterocycles. The number of rotatable bonds is 6. The van der Waals surface area contributed by atoms with Gasteiger partial charge >= 0.3 is 0 Å². The Bertz CT molecular complexity index is 343. The molecule has 0 spiro atoms. The fourth-order valence-corrected chi connectivity index (χ4v) is 1.44. The van der Waals surface area contributed by atoms with Crippen molar-refractivity contribution in [2.45, 2.75) is 12.1 Å². The molecular weight excluding hydrogens is 220 g/mol. The minimum Gasteiger partial charge on any atom is -0.394 e. The first-order chi connectivity index (χ1) is 8.19. The van der Waals surface area contributed by atoms with Gasteiger partial charge in [-0.15, -0.1) is 0 Å². The molecule has 0 aliphatic heterocycles. The molecule has 2 atom stereocenters. The number of benzene rings is 1. The van der Waals surface area contributed by atoms with E-state index < -0.39 is 12.1 Å². The van der Waals surface area contributed by atoms with Crippen molar-refractivity contribution in [3.05, 3.63) is 35.9 Å². The van der Waals surface area contributed by atoms with Crippen molar-refractivity contribution < 1.29 is 14.6 Å². The van der Waals surface area contributed by atoms with Gasteiger partial charge in [0.2, 0.25) is 5.91 Å². The van der Waals surface area contributed by atoms with Crippen LogP contribution in [0, 0.1) is 0 Å². The number of carbonyl (C=O) groups excluding carboxylic acids is 1. The molecule has 17 heavy (non-hydrogen) atoms. The fourth-order valence-electron chi connectivity index (χ4n) is 1.44. The molecule has 1 amide bonds. The van der Waals surface area contributed by atoms with Crippen molar-refractivity contribution in [3.8, 4) is 0 Å². The number of hydrogen-bond acceptors (Lipinski definition) is 4. The summed E-state index contributed by atoms with van der Waals surface area (Å²) >= 11 is 0. The topological polar surface area (TPSA) is 84.6 Å². The Labute approximate surface area is 101 Å².